The first-order valence-electron chi connectivity index (χ1n) is 6.62. The van der Waals surface area contributed by atoms with Crippen LogP contribution in [0.5, 0.6) is 0 Å². The molecular formula is C13H25N5. The molecule has 0 saturated carbocycles. The van der Waals surface area contributed by atoms with Crippen LogP contribution in [0.3, 0.4) is 0 Å². The number of nitrogens with one attached hydrogen (secondary N) is 2. The maximum absolute atomic E-state index is 8.53. The highest BCUT2D eigenvalue weighted by molar-refractivity contribution is 4.77. The zero-order valence-corrected chi connectivity index (χ0v) is 11.3. The number of nitrogens with two attached hydrogens (primary N) is 1. The Bertz CT molecular complexity index is 266. The molecule has 0 heterocycles. The standard InChI is InChI=1S/C13H25N5/c1-12(11-16)10-13(18-8-3-6-15)4-9-17-7-2-5-14/h12-13,17-18H,2-4,7-11,16H2,1H3. The third-order valence-electron chi connectivity index (χ3n) is 2.84. The molecule has 0 amide bonds. The van der Waals surface area contributed by atoms with Crippen LogP contribution in [-0.4, -0.2) is 32.2 Å². The van der Waals surface area contributed by atoms with E-state index < -0.39 is 0 Å². The van der Waals surface area contributed by atoms with Crippen molar-refractivity contribution in [3.05, 3.63) is 0 Å². The van der Waals surface area contributed by atoms with E-state index in [-0.39, 0.29) is 0 Å². The fraction of sp³-hybridized carbons (Fsp3) is 0.846. The van der Waals surface area contributed by atoms with Gasteiger partial charge in [-0.3, -0.25) is 0 Å². The molecule has 102 valence electrons. The SMILES string of the molecule is CC(CN)CC(CCNCCC#N)NCCC#N. The summed E-state index contributed by atoms with van der Waals surface area (Å²) in [4.78, 5) is 0. The number of hydrogen-bond acceptors (Lipinski definition) is 5. The smallest absolute Gasteiger partial charge is 0.0635 e. The van der Waals surface area contributed by atoms with E-state index in [9.17, 15) is 0 Å². The number of nitrogens with zero attached hydrogens (tertiary/aromatic N) is 2. The molecular weight excluding hydrogens is 226 g/mol. The maximum atomic E-state index is 8.53. The zero-order valence-electron chi connectivity index (χ0n) is 11.3. The van der Waals surface area contributed by atoms with Gasteiger partial charge in [0.2, 0.25) is 0 Å². The third kappa shape index (κ3) is 10.0. The number of nitriles is 2. The molecule has 0 saturated heterocycles. The van der Waals surface area contributed by atoms with E-state index in [1.165, 1.54) is 0 Å². The fourth-order valence-corrected chi connectivity index (χ4v) is 1.76. The average Bonchev–Trinajstić information content (AvgIpc) is 2.38. The van der Waals surface area contributed by atoms with E-state index in [1.807, 2.05) is 0 Å². The number of hydrogen-bond donors (Lipinski definition) is 3. The fourth-order valence-electron chi connectivity index (χ4n) is 1.76. The van der Waals surface area contributed by atoms with Crippen molar-refractivity contribution < 1.29 is 0 Å². The molecule has 0 aliphatic rings. The quantitative estimate of drug-likeness (QED) is 0.470. The number of rotatable bonds is 11. The van der Waals surface area contributed by atoms with Crippen molar-refractivity contribution in [1.29, 1.82) is 10.5 Å². The second-order valence-electron chi connectivity index (χ2n) is 4.58. The highest BCUT2D eigenvalue weighted by atomic mass is 14.9. The molecule has 0 bridgehead atoms. The molecule has 0 aromatic carbocycles. The van der Waals surface area contributed by atoms with E-state index in [0.29, 0.717) is 31.3 Å². The van der Waals surface area contributed by atoms with Gasteiger partial charge in [0.25, 0.3) is 0 Å². The van der Waals surface area contributed by atoms with Crippen LogP contribution in [0, 0.1) is 28.6 Å². The van der Waals surface area contributed by atoms with Crippen molar-refractivity contribution in [2.45, 2.75) is 38.6 Å². The second-order valence-corrected chi connectivity index (χ2v) is 4.58. The van der Waals surface area contributed by atoms with Crippen molar-refractivity contribution in [2.75, 3.05) is 26.2 Å². The molecule has 5 heteroatoms. The molecule has 2 atom stereocenters. The molecule has 0 rings (SSSR count). The second kappa shape index (κ2) is 12.3. The summed E-state index contributed by atoms with van der Waals surface area (Å²) in [7, 11) is 0. The van der Waals surface area contributed by atoms with Crippen LogP contribution in [-0.2, 0) is 0 Å². The molecule has 0 aliphatic heterocycles. The van der Waals surface area contributed by atoms with Crippen LogP contribution >= 0.6 is 0 Å². The van der Waals surface area contributed by atoms with Gasteiger partial charge in [0, 0.05) is 32.0 Å². The molecule has 0 aliphatic carbocycles. The molecule has 0 spiro atoms. The summed E-state index contributed by atoms with van der Waals surface area (Å²) < 4.78 is 0. The molecule has 0 aromatic rings. The van der Waals surface area contributed by atoms with Crippen LogP contribution < -0.4 is 16.4 Å². The highest BCUT2D eigenvalue weighted by Gasteiger charge is 2.11. The van der Waals surface area contributed by atoms with Gasteiger partial charge < -0.3 is 16.4 Å². The van der Waals surface area contributed by atoms with Gasteiger partial charge in [-0.2, -0.15) is 10.5 Å². The Hall–Kier alpha value is -1.14. The lowest BCUT2D eigenvalue weighted by molar-refractivity contribution is 0.384. The van der Waals surface area contributed by atoms with Crippen molar-refractivity contribution in [1.82, 2.24) is 10.6 Å². The summed E-state index contributed by atoms with van der Waals surface area (Å²) in [5, 5.41) is 23.6. The first-order chi connectivity index (χ1) is 8.74. The summed E-state index contributed by atoms with van der Waals surface area (Å²) in [6, 6.07) is 4.64. The highest BCUT2D eigenvalue weighted by Crippen LogP contribution is 2.07. The van der Waals surface area contributed by atoms with E-state index in [4.69, 9.17) is 16.3 Å². The van der Waals surface area contributed by atoms with Gasteiger partial charge in [-0.05, 0) is 31.8 Å². The van der Waals surface area contributed by atoms with E-state index >= 15 is 0 Å². The minimum atomic E-state index is 0.395. The average molecular weight is 251 g/mol. The van der Waals surface area contributed by atoms with E-state index in [2.05, 4.69) is 29.7 Å². The summed E-state index contributed by atoms with van der Waals surface area (Å²) in [5.41, 5.74) is 5.64. The Morgan fingerprint density at radius 1 is 1.11 bits per heavy atom. The summed E-state index contributed by atoms with van der Waals surface area (Å²) in [5.74, 6) is 0.490. The van der Waals surface area contributed by atoms with Gasteiger partial charge in [0.1, 0.15) is 0 Å². The molecule has 0 radical (unpaired) electrons. The predicted molar refractivity (Wildman–Crippen MR) is 72.6 cm³/mol. The lowest BCUT2D eigenvalue weighted by Gasteiger charge is -2.21. The van der Waals surface area contributed by atoms with Crippen LogP contribution in [0.25, 0.3) is 0 Å². The van der Waals surface area contributed by atoms with Crippen LogP contribution in [0.4, 0.5) is 0 Å². The van der Waals surface area contributed by atoms with Gasteiger partial charge in [0.15, 0.2) is 0 Å². The minimum Gasteiger partial charge on any atom is -0.330 e. The Balaban J connectivity index is 3.82. The van der Waals surface area contributed by atoms with Crippen molar-refractivity contribution in [3.63, 3.8) is 0 Å². The maximum Gasteiger partial charge on any atom is 0.0635 e. The van der Waals surface area contributed by atoms with Gasteiger partial charge >= 0.3 is 0 Å². The van der Waals surface area contributed by atoms with Crippen LogP contribution in [0.15, 0.2) is 0 Å². The van der Waals surface area contributed by atoms with Crippen molar-refractivity contribution in [2.24, 2.45) is 11.7 Å². The normalized spacial score (nSPS) is 13.6. The van der Waals surface area contributed by atoms with Gasteiger partial charge in [-0.1, -0.05) is 6.92 Å². The molecule has 18 heavy (non-hydrogen) atoms. The predicted octanol–water partition coefficient (Wildman–Crippen LogP) is 0.737. The van der Waals surface area contributed by atoms with Crippen LogP contribution in [0.2, 0.25) is 0 Å². The molecule has 0 fully saturated rings. The molecule has 2 unspecified atom stereocenters. The Morgan fingerprint density at radius 2 is 1.78 bits per heavy atom. The topological polar surface area (TPSA) is 97.7 Å². The molecule has 5 nitrogen and oxygen atoms in total. The first kappa shape index (κ1) is 16.9. The third-order valence-corrected chi connectivity index (χ3v) is 2.84. The summed E-state index contributed by atoms with van der Waals surface area (Å²) in [6.07, 6.45) is 3.12. The first-order valence-corrected chi connectivity index (χ1v) is 6.62. The zero-order chi connectivity index (χ0) is 13.6. The Morgan fingerprint density at radius 3 is 2.39 bits per heavy atom. The van der Waals surface area contributed by atoms with Gasteiger partial charge in [-0.15, -0.1) is 0 Å². The lowest BCUT2D eigenvalue weighted by atomic mass is 9.99. The van der Waals surface area contributed by atoms with Gasteiger partial charge in [0.05, 0.1) is 12.1 Å². The molecule has 0 aromatic heterocycles. The van der Waals surface area contributed by atoms with Crippen molar-refractivity contribution >= 4 is 0 Å². The van der Waals surface area contributed by atoms with Crippen molar-refractivity contribution in [3.8, 4) is 12.1 Å². The largest absolute Gasteiger partial charge is 0.330 e. The van der Waals surface area contributed by atoms with E-state index in [1.54, 1.807) is 0 Å². The monoisotopic (exact) mass is 251 g/mol. The Labute approximate surface area is 110 Å². The summed E-state index contributed by atoms with van der Waals surface area (Å²) in [6.45, 7) is 5.20. The lowest BCUT2D eigenvalue weighted by Crippen LogP contribution is -2.35. The Kier molecular flexibility index (Phi) is 11.5. The van der Waals surface area contributed by atoms with E-state index in [0.717, 1.165) is 32.5 Å². The summed E-state index contributed by atoms with van der Waals surface area (Å²) >= 11 is 0. The van der Waals surface area contributed by atoms with Crippen LogP contribution in [0.1, 0.15) is 32.6 Å². The minimum absolute atomic E-state index is 0.395. The molecule has 4 N–H and O–H groups in total. The van der Waals surface area contributed by atoms with Gasteiger partial charge in [-0.25, -0.2) is 0 Å².